The fraction of sp³-hybridized carbons (Fsp3) is 0.231. The van der Waals surface area contributed by atoms with Crippen LogP contribution >= 0.6 is 0 Å². The van der Waals surface area contributed by atoms with Crippen molar-refractivity contribution in [3.05, 3.63) is 48.0 Å². The number of benzene rings is 1. The van der Waals surface area contributed by atoms with E-state index < -0.39 is 0 Å². The van der Waals surface area contributed by atoms with E-state index in [1.54, 1.807) is 32.8 Å². The maximum Gasteiger partial charge on any atom is 0.127 e. The Balaban J connectivity index is 2.54. The molecule has 19 heavy (non-hydrogen) atoms. The second-order valence-electron chi connectivity index (χ2n) is 3.81. The monoisotopic (exact) mass is 260 g/mol. The molecule has 100 valence electrons. The third kappa shape index (κ3) is 2.64. The Bertz CT molecular complexity index is 511. The van der Waals surface area contributed by atoms with Gasteiger partial charge in [0.25, 0.3) is 0 Å². The molecule has 0 amide bonds. The molecule has 0 bridgehead atoms. The summed E-state index contributed by atoms with van der Waals surface area (Å²) in [5.74, 6) is 7.00. The number of nitrogens with two attached hydrogens (primary N) is 1. The highest BCUT2D eigenvalue weighted by atomic mass is 16.5. The molecule has 2 aromatic rings. The predicted molar refractivity (Wildman–Crippen MR) is 70.7 cm³/mol. The molecule has 1 unspecified atom stereocenters. The average Bonchev–Trinajstić information content (AvgIpc) is 2.49. The lowest BCUT2D eigenvalue weighted by Gasteiger charge is -2.20. The highest BCUT2D eigenvalue weighted by molar-refractivity contribution is 5.49. The molecule has 0 saturated carbocycles. The van der Waals surface area contributed by atoms with Crippen molar-refractivity contribution in [1.29, 1.82) is 0 Å². The summed E-state index contributed by atoms with van der Waals surface area (Å²) in [4.78, 5) is 8.31. The highest BCUT2D eigenvalue weighted by Gasteiger charge is 2.22. The van der Waals surface area contributed by atoms with E-state index in [1.807, 2.05) is 18.2 Å². The molecule has 6 heteroatoms. The van der Waals surface area contributed by atoms with Crippen molar-refractivity contribution in [2.75, 3.05) is 14.2 Å². The molecule has 0 aliphatic rings. The van der Waals surface area contributed by atoms with Crippen molar-refractivity contribution >= 4 is 0 Å². The smallest absolute Gasteiger partial charge is 0.127 e. The molecule has 1 atom stereocenters. The molecule has 3 N–H and O–H groups in total. The van der Waals surface area contributed by atoms with E-state index in [9.17, 15) is 0 Å². The molecular formula is C13H16N4O2. The van der Waals surface area contributed by atoms with Crippen LogP contribution in [0, 0.1) is 0 Å². The molecule has 1 aromatic heterocycles. The van der Waals surface area contributed by atoms with Gasteiger partial charge >= 0.3 is 0 Å². The van der Waals surface area contributed by atoms with Gasteiger partial charge in [-0.25, -0.2) is 5.43 Å². The summed E-state index contributed by atoms with van der Waals surface area (Å²) in [6.45, 7) is 0. The fourth-order valence-electron chi connectivity index (χ4n) is 1.94. The molecule has 0 radical (unpaired) electrons. The van der Waals surface area contributed by atoms with Gasteiger partial charge in [0.1, 0.15) is 11.5 Å². The zero-order valence-corrected chi connectivity index (χ0v) is 10.8. The van der Waals surface area contributed by atoms with Gasteiger partial charge in [0.15, 0.2) is 0 Å². The summed E-state index contributed by atoms with van der Waals surface area (Å²) in [6.07, 6.45) is 4.87. The minimum absolute atomic E-state index is 0.361. The van der Waals surface area contributed by atoms with Gasteiger partial charge in [0.05, 0.1) is 37.7 Å². The average molecular weight is 260 g/mol. The van der Waals surface area contributed by atoms with Crippen LogP contribution in [-0.2, 0) is 0 Å². The maximum atomic E-state index is 5.66. The number of methoxy groups -OCH3 is 2. The lowest BCUT2D eigenvalue weighted by molar-refractivity contribution is 0.376. The number of aromatic nitrogens is 2. The first kappa shape index (κ1) is 13.3. The lowest BCUT2D eigenvalue weighted by Crippen LogP contribution is -2.30. The summed E-state index contributed by atoms with van der Waals surface area (Å²) in [5, 5.41) is 0. The van der Waals surface area contributed by atoms with Gasteiger partial charge in [0.2, 0.25) is 0 Å². The molecule has 2 rings (SSSR count). The van der Waals surface area contributed by atoms with Gasteiger partial charge < -0.3 is 9.47 Å². The minimum atomic E-state index is -0.361. The van der Waals surface area contributed by atoms with Crippen LogP contribution in [0.15, 0.2) is 36.8 Å². The first-order chi connectivity index (χ1) is 9.31. The normalized spacial score (nSPS) is 11.9. The first-order valence-electron chi connectivity index (χ1n) is 5.74. The number of hydrazine groups is 1. The Morgan fingerprint density at radius 1 is 1.16 bits per heavy atom. The Labute approximate surface area is 111 Å². The number of hydrogen-bond donors (Lipinski definition) is 2. The number of nitrogens with zero attached hydrogens (tertiary/aromatic N) is 2. The van der Waals surface area contributed by atoms with Crippen molar-refractivity contribution < 1.29 is 9.47 Å². The van der Waals surface area contributed by atoms with E-state index in [1.165, 1.54) is 0 Å². The summed E-state index contributed by atoms with van der Waals surface area (Å²) in [5.41, 5.74) is 4.20. The molecule has 0 saturated heterocycles. The van der Waals surface area contributed by atoms with Crippen molar-refractivity contribution in [2.24, 2.45) is 5.84 Å². The van der Waals surface area contributed by atoms with E-state index >= 15 is 0 Å². The molecule has 0 spiro atoms. The van der Waals surface area contributed by atoms with Crippen molar-refractivity contribution in [3.63, 3.8) is 0 Å². The predicted octanol–water partition coefficient (Wildman–Crippen LogP) is 1.05. The largest absolute Gasteiger partial charge is 0.496 e. The molecular weight excluding hydrogens is 244 g/mol. The van der Waals surface area contributed by atoms with E-state index in [4.69, 9.17) is 15.3 Å². The second kappa shape index (κ2) is 6.12. The van der Waals surface area contributed by atoms with Crippen molar-refractivity contribution in [3.8, 4) is 11.5 Å². The molecule has 0 aliphatic heterocycles. The number of hydrogen-bond acceptors (Lipinski definition) is 6. The van der Waals surface area contributed by atoms with E-state index in [-0.39, 0.29) is 6.04 Å². The Morgan fingerprint density at radius 2 is 1.84 bits per heavy atom. The number of rotatable bonds is 5. The van der Waals surface area contributed by atoms with Gasteiger partial charge in [-0.2, -0.15) is 0 Å². The van der Waals surface area contributed by atoms with Crippen LogP contribution in [0.2, 0.25) is 0 Å². The van der Waals surface area contributed by atoms with Gasteiger partial charge in [-0.3, -0.25) is 15.8 Å². The molecule has 0 fully saturated rings. The minimum Gasteiger partial charge on any atom is -0.496 e. The zero-order chi connectivity index (χ0) is 13.7. The van der Waals surface area contributed by atoms with Gasteiger partial charge in [-0.05, 0) is 12.1 Å². The Kier molecular flexibility index (Phi) is 4.27. The molecule has 1 aromatic carbocycles. The fourth-order valence-corrected chi connectivity index (χ4v) is 1.94. The third-order valence-electron chi connectivity index (χ3n) is 2.80. The van der Waals surface area contributed by atoms with Crippen LogP contribution in [0.25, 0.3) is 0 Å². The van der Waals surface area contributed by atoms with Crippen LogP contribution in [0.5, 0.6) is 11.5 Å². The van der Waals surface area contributed by atoms with Crippen LogP contribution in [0.3, 0.4) is 0 Å². The van der Waals surface area contributed by atoms with Crippen LogP contribution in [0.1, 0.15) is 17.3 Å². The van der Waals surface area contributed by atoms with Crippen LogP contribution < -0.4 is 20.7 Å². The summed E-state index contributed by atoms with van der Waals surface area (Å²) in [6, 6.07) is 5.18. The highest BCUT2D eigenvalue weighted by Crippen LogP contribution is 2.35. The number of nitrogens with one attached hydrogen (secondary N) is 1. The second-order valence-corrected chi connectivity index (χ2v) is 3.81. The van der Waals surface area contributed by atoms with Gasteiger partial charge in [0, 0.05) is 12.4 Å². The summed E-state index contributed by atoms with van der Waals surface area (Å²) < 4.78 is 10.7. The summed E-state index contributed by atoms with van der Waals surface area (Å²) >= 11 is 0. The Hall–Kier alpha value is -2.18. The van der Waals surface area contributed by atoms with Crippen LogP contribution in [0.4, 0.5) is 0 Å². The SMILES string of the molecule is COc1cccc(OC)c1C(NN)c1cnccn1. The zero-order valence-electron chi connectivity index (χ0n) is 10.8. The quantitative estimate of drug-likeness (QED) is 0.617. The van der Waals surface area contributed by atoms with E-state index in [0.29, 0.717) is 17.2 Å². The molecule has 6 nitrogen and oxygen atoms in total. The Morgan fingerprint density at radius 3 is 2.32 bits per heavy atom. The van der Waals surface area contributed by atoms with Crippen molar-refractivity contribution in [1.82, 2.24) is 15.4 Å². The third-order valence-corrected chi connectivity index (χ3v) is 2.80. The van der Waals surface area contributed by atoms with Gasteiger partial charge in [-0.15, -0.1) is 0 Å². The van der Waals surface area contributed by atoms with Gasteiger partial charge in [-0.1, -0.05) is 6.07 Å². The van der Waals surface area contributed by atoms with Crippen molar-refractivity contribution in [2.45, 2.75) is 6.04 Å². The number of ether oxygens (including phenoxy) is 2. The topological polar surface area (TPSA) is 82.3 Å². The first-order valence-corrected chi connectivity index (χ1v) is 5.74. The molecule has 1 heterocycles. The van der Waals surface area contributed by atoms with E-state index in [0.717, 1.165) is 5.56 Å². The van der Waals surface area contributed by atoms with E-state index in [2.05, 4.69) is 15.4 Å². The lowest BCUT2D eigenvalue weighted by atomic mass is 10.0. The summed E-state index contributed by atoms with van der Waals surface area (Å²) in [7, 11) is 3.20. The van der Waals surface area contributed by atoms with Crippen LogP contribution in [-0.4, -0.2) is 24.2 Å². The molecule has 0 aliphatic carbocycles. The maximum absolute atomic E-state index is 5.66. The standard InChI is InChI=1S/C13H16N4O2/c1-18-10-4-3-5-11(19-2)12(10)13(17-14)9-8-15-6-7-16-9/h3-8,13,17H,14H2,1-2H3.